The molecule has 0 spiro atoms. The Morgan fingerprint density at radius 3 is 2.96 bits per heavy atom. The lowest BCUT2D eigenvalue weighted by Crippen LogP contribution is -2.24. The number of rotatable bonds is 4. The normalized spacial score (nSPS) is 10.5. The highest BCUT2D eigenvalue weighted by molar-refractivity contribution is 9.10. The number of aromatic nitrogens is 5. The maximum Gasteiger partial charge on any atom is 0.251 e. The molecule has 0 saturated heterocycles. The highest BCUT2D eigenvalue weighted by Gasteiger charge is 2.11. The van der Waals surface area contributed by atoms with E-state index in [4.69, 9.17) is 11.6 Å². The minimum Gasteiger partial charge on any atom is -0.345 e. The summed E-state index contributed by atoms with van der Waals surface area (Å²) in [6.07, 6.45) is 1.47. The number of nitrogens with one attached hydrogen (secondary N) is 1. The highest BCUT2D eigenvalue weighted by Crippen LogP contribution is 2.15. The number of pyridine rings is 1. The van der Waals surface area contributed by atoms with Gasteiger partial charge in [0.25, 0.3) is 5.91 Å². The van der Waals surface area contributed by atoms with Crippen molar-refractivity contribution in [2.45, 2.75) is 6.54 Å². The van der Waals surface area contributed by atoms with Crippen LogP contribution in [-0.4, -0.2) is 31.1 Å². The van der Waals surface area contributed by atoms with E-state index in [0.29, 0.717) is 11.4 Å². The first-order valence-electron chi connectivity index (χ1n) is 6.56. The second kappa shape index (κ2) is 6.84. The molecule has 0 atom stereocenters. The number of hydrogen-bond acceptors (Lipinski definition) is 5. The molecule has 0 bridgehead atoms. The Morgan fingerprint density at radius 2 is 2.17 bits per heavy atom. The van der Waals surface area contributed by atoms with Gasteiger partial charge in [0.05, 0.1) is 12.2 Å². The van der Waals surface area contributed by atoms with Crippen LogP contribution >= 0.6 is 27.5 Å². The summed E-state index contributed by atoms with van der Waals surface area (Å²) in [5.74, 6) is 0.231. The van der Waals surface area contributed by atoms with Gasteiger partial charge in [-0.1, -0.05) is 33.6 Å². The molecule has 0 aliphatic heterocycles. The van der Waals surface area contributed by atoms with Crippen LogP contribution in [0.4, 0.5) is 0 Å². The molecular formula is C14H10BrClN6O. The van der Waals surface area contributed by atoms with Crippen LogP contribution in [0, 0.1) is 0 Å². The Balaban J connectivity index is 1.75. The van der Waals surface area contributed by atoms with Gasteiger partial charge in [0, 0.05) is 16.2 Å². The quantitative estimate of drug-likeness (QED) is 0.688. The monoisotopic (exact) mass is 392 g/mol. The minimum atomic E-state index is -0.280. The van der Waals surface area contributed by atoms with Crippen molar-refractivity contribution in [3.05, 3.63) is 63.6 Å². The molecule has 116 valence electrons. The predicted molar refractivity (Wildman–Crippen MR) is 87.3 cm³/mol. The third-order valence-corrected chi connectivity index (χ3v) is 3.68. The van der Waals surface area contributed by atoms with Gasteiger partial charge < -0.3 is 5.32 Å². The summed E-state index contributed by atoms with van der Waals surface area (Å²) in [6.45, 7) is 0.179. The minimum absolute atomic E-state index is 0.179. The molecule has 1 aromatic carbocycles. The number of carbonyl (C=O) groups is 1. The van der Waals surface area contributed by atoms with E-state index < -0.39 is 0 Å². The van der Waals surface area contributed by atoms with Gasteiger partial charge in [-0.05, 0) is 40.8 Å². The molecule has 2 aromatic heterocycles. The Bertz CT molecular complexity index is 853. The average molecular weight is 394 g/mol. The molecule has 7 nitrogen and oxygen atoms in total. The van der Waals surface area contributed by atoms with Crippen molar-refractivity contribution in [3.63, 3.8) is 0 Å². The van der Waals surface area contributed by atoms with Crippen molar-refractivity contribution in [3.8, 4) is 5.69 Å². The van der Waals surface area contributed by atoms with E-state index in [-0.39, 0.29) is 17.6 Å². The lowest BCUT2D eigenvalue weighted by atomic mass is 10.2. The summed E-state index contributed by atoms with van der Waals surface area (Å²) in [4.78, 5) is 15.9. The maximum atomic E-state index is 12.1. The van der Waals surface area contributed by atoms with Crippen molar-refractivity contribution in [1.82, 2.24) is 30.5 Å². The van der Waals surface area contributed by atoms with Crippen molar-refractivity contribution >= 4 is 33.4 Å². The molecule has 1 amide bonds. The predicted octanol–water partition coefficient (Wildman–Crippen LogP) is 2.40. The molecule has 0 fully saturated rings. The number of hydrogen-bond donors (Lipinski definition) is 1. The van der Waals surface area contributed by atoms with Crippen molar-refractivity contribution in [2.75, 3.05) is 0 Å². The van der Waals surface area contributed by atoms with Gasteiger partial charge in [-0.3, -0.25) is 4.79 Å². The van der Waals surface area contributed by atoms with Crippen LogP contribution in [0.15, 0.2) is 47.1 Å². The summed E-state index contributed by atoms with van der Waals surface area (Å²) in [6, 6.07) is 10.6. The van der Waals surface area contributed by atoms with Crippen LogP contribution in [0.25, 0.3) is 5.69 Å². The standard InChI is InChI=1S/C14H10BrClN6O/c15-10-2-1-3-11(7-10)22-13(19-20-21-22)8-18-14(23)9-4-5-17-12(16)6-9/h1-7H,8H2,(H,18,23). The Labute approximate surface area is 144 Å². The Hall–Kier alpha value is -2.32. The molecule has 0 saturated carbocycles. The number of nitrogens with zero attached hydrogens (tertiary/aromatic N) is 5. The second-order valence-corrected chi connectivity index (χ2v) is 5.84. The molecule has 9 heteroatoms. The Morgan fingerprint density at radius 1 is 1.30 bits per heavy atom. The van der Waals surface area contributed by atoms with Gasteiger partial charge in [-0.15, -0.1) is 5.10 Å². The van der Waals surface area contributed by atoms with E-state index in [1.165, 1.54) is 12.3 Å². The molecule has 3 rings (SSSR count). The molecule has 3 aromatic rings. The maximum absolute atomic E-state index is 12.1. The first kappa shape index (κ1) is 15.6. The van der Waals surface area contributed by atoms with Gasteiger partial charge in [-0.25, -0.2) is 4.98 Å². The fourth-order valence-electron chi connectivity index (χ4n) is 1.93. The lowest BCUT2D eigenvalue weighted by Gasteiger charge is -2.07. The van der Waals surface area contributed by atoms with E-state index in [1.54, 1.807) is 10.7 Å². The molecule has 0 radical (unpaired) electrons. The van der Waals surface area contributed by atoms with Crippen molar-refractivity contribution in [2.24, 2.45) is 0 Å². The summed E-state index contributed by atoms with van der Waals surface area (Å²) in [5, 5.41) is 14.6. The molecule has 23 heavy (non-hydrogen) atoms. The molecule has 2 heterocycles. The summed E-state index contributed by atoms with van der Waals surface area (Å²) in [7, 11) is 0. The largest absolute Gasteiger partial charge is 0.345 e. The molecular weight excluding hydrogens is 384 g/mol. The molecule has 0 aliphatic carbocycles. The summed E-state index contributed by atoms with van der Waals surface area (Å²) in [5.41, 5.74) is 1.21. The van der Waals surface area contributed by atoms with Crippen molar-refractivity contribution < 1.29 is 4.79 Å². The van der Waals surface area contributed by atoms with Crippen LogP contribution in [0.5, 0.6) is 0 Å². The molecule has 0 aliphatic rings. The number of carbonyl (C=O) groups excluding carboxylic acids is 1. The van der Waals surface area contributed by atoms with Crippen LogP contribution in [0.2, 0.25) is 5.15 Å². The first-order chi connectivity index (χ1) is 11.1. The zero-order valence-electron chi connectivity index (χ0n) is 11.6. The SMILES string of the molecule is O=C(NCc1nnnn1-c1cccc(Br)c1)c1ccnc(Cl)c1. The number of halogens is 2. The van der Waals surface area contributed by atoms with E-state index in [9.17, 15) is 4.79 Å². The smallest absolute Gasteiger partial charge is 0.251 e. The van der Waals surface area contributed by atoms with Gasteiger partial charge in [0.15, 0.2) is 5.82 Å². The lowest BCUT2D eigenvalue weighted by molar-refractivity contribution is 0.0949. The topological polar surface area (TPSA) is 85.6 Å². The van der Waals surface area contributed by atoms with Crippen LogP contribution < -0.4 is 5.32 Å². The highest BCUT2D eigenvalue weighted by atomic mass is 79.9. The van der Waals surface area contributed by atoms with Gasteiger partial charge in [-0.2, -0.15) is 4.68 Å². The number of tetrazole rings is 1. The Kier molecular flexibility index (Phi) is 4.63. The average Bonchev–Trinajstić information content (AvgIpc) is 3.01. The van der Waals surface area contributed by atoms with E-state index in [1.807, 2.05) is 24.3 Å². The fourth-order valence-corrected chi connectivity index (χ4v) is 2.49. The van der Waals surface area contributed by atoms with Gasteiger partial charge >= 0.3 is 0 Å². The zero-order chi connectivity index (χ0) is 16.2. The number of benzene rings is 1. The van der Waals surface area contributed by atoms with E-state index in [2.05, 4.69) is 41.8 Å². The van der Waals surface area contributed by atoms with Crippen LogP contribution in [-0.2, 0) is 6.54 Å². The zero-order valence-corrected chi connectivity index (χ0v) is 14.0. The summed E-state index contributed by atoms with van der Waals surface area (Å²) >= 11 is 9.18. The molecule has 1 N–H and O–H groups in total. The van der Waals surface area contributed by atoms with Crippen molar-refractivity contribution in [1.29, 1.82) is 0 Å². The van der Waals surface area contributed by atoms with Crippen LogP contribution in [0.3, 0.4) is 0 Å². The van der Waals surface area contributed by atoms with Gasteiger partial charge in [0.1, 0.15) is 5.15 Å². The summed E-state index contributed by atoms with van der Waals surface area (Å²) < 4.78 is 2.47. The molecule has 0 unspecified atom stereocenters. The van der Waals surface area contributed by atoms with E-state index in [0.717, 1.165) is 10.2 Å². The first-order valence-corrected chi connectivity index (χ1v) is 7.73. The number of amides is 1. The van der Waals surface area contributed by atoms with Crippen LogP contribution in [0.1, 0.15) is 16.2 Å². The fraction of sp³-hybridized carbons (Fsp3) is 0.0714. The third-order valence-electron chi connectivity index (χ3n) is 2.98. The van der Waals surface area contributed by atoms with Gasteiger partial charge in [0.2, 0.25) is 0 Å². The third kappa shape index (κ3) is 3.72. The second-order valence-electron chi connectivity index (χ2n) is 4.54. The van der Waals surface area contributed by atoms with E-state index >= 15 is 0 Å².